The van der Waals surface area contributed by atoms with Gasteiger partial charge >= 0.3 is 5.97 Å². The average Bonchev–Trinajstić information content (AvgIpc) is 3.29. The van der Waals surface area contributed by atoms with Gasteiger partial charge in [0, 0.05) is 12.3 Å². The zero-order valence-corrected chi connectivity index (χ0v) is 27.0. The van der Waals surface area contributed by atoms with E-state index in [1.807, 2.05) is 6.92 Å². The lowest BCUT2D eigenvalue weighted by Crippen LogP contribution is -2.70. The van der Waals surface area contributed by atoms with Crippen LogP contribution in [0.1, 0.15) is 72.6 Å². The quantitative estimate of drug-likeness (QED) is 0.194. The van der Waals surface area contributed by atoms with Gasteiger partial charge < -0.3 is 50.0 Å². The molecule has 12 heteroatoms. The molecule has 0 spiro atoms. The summed E-state index contributed by atoms with van der Waals surface area (Å²) in [7, 11) is 0. The lowest BCUT2D eigenvalue weighted by molar-refractivity contribution is -0.299. The lowest BCUT2D eigenvalue weighted by Gasteiger charge is -2.63. The van der Waals surface area contributed by atoms with Gasteiger partial charge in [0.1, 0.15) is 36.1 Å². The van der Waals surface area contributed by atoms with Gasteiger partial charge in [-0.1, -0.05) is 25.5 Å². The van der Waals surface area contributed by atoms with Crippen LogP contribution >= 0.6 is 0 Å². The third-order valence-corrected chi connectivity index (χ3v) is 13.6. The molecule has 0 unspecified atom stereocenters. The molecule has 0 aromatic heterocycles. The normalized spacial score (nSPS) is 51.3. The smallest absolute Gasteiger partial charge is 0.336 e. The molecule has 2 aliphatic heterocycles. The highest BCUT2D eigenvalue weighted by Gasteiger charge is 2.71. The minimum atomic E-state index is -1.60. The third kappa shape index (κ3) is 4.66. The Morgan fingerprint density at radius 2 is 1.72 bits per heavy atom. The number of carbonyl (C=O) groups is 2. The zero-order valence-electron chi connectivity index (χ0n) is 27.0. The van der Waals surface area contributed by atoms with Gasteiger partial charge in [0.2, 0.25) is 0 Å². The van der Waals surface area contributed by atoms with Crippen LogP contribution in [0.2, 0.25) is 0 Å². The fourth-order valence-corrected chi connectivity index (χ4v) is 10.5. The molecule has 1 saturated heterocycles. The zero-order chi connectivity index (χ0) is 33.6. The molecule has 12 nitrogen and oxygen atoms in total. The van der Waals surface area contributed by atoms with Gasteiger partial charge in [-0.3, -0.25) is 4.79 Å². The molecule has 46 heavy (non-hydrogen) atoms. The minimum Gasteiger partial charge on any atom is -0.458 e. The molecule has 0 radical (unpaired) electrons. The van der Waals surface area contributed by atoms with E-state index in [0.717, 1.165) is 0 Å². The van der Waals surface area contributed by atoms with Crippen LogP contribution in [0.4, 0.5) is 0 Å². The highest BCUT2D eigenvalue weighted by molar-refractivity contribution is 5.97. The van der Waals surface area contributed by atoms with Gasteiger partial charge in [0.25, 0.3) is 0 Å². The van der Waals surface area contributed by atoms with Gasteiger partial charge in [0.15, 0.2) is 12.1 Å². The van der Waals surface area contributed by atoms with Crippen LogP contribution in [0.5, 0.6) is 0 Å². The number of ether oxygens (including phenoxy) is 3. The summed E-state index contributed by atoms with van der Waals surface area (Å²) in [6, 6.07) is 0. The first-order valence-corrected chi connectivity index (χ1v) is 16.7. The number of hydrogen-bond donors (Lipinski definition) is 7. The van der Waals surface area contributed by atoms with Crippen LogP contribution in [0.25, 0.3) is 0 Å². The maximum atomic E-state index is 13.3. The number of carbonyl (C=O) groups excluding carboxylic acids is 2. The number of aliphatic hydroxyl groups is 7. The number of ketones is 1. The largest absolute Gasteiger partial charge is 0.458 e. The second kappa shape index (κ2) is 11.7. The van der Waals surface area contributed by atoms with E-state index in [1.54, 1.807) is 26.0 Å². The Morgan fingerprint density at radius 3 is 2.39 bits per heavy atom. The number of esters is 1. The first kappa shape index (κ1) is 34.1. The van der Waals surface area contributed by atoms with E-state index in [0.29, 0.717) is 44.1 Å². The molecule has 0 amide bonds. The topological polar surface area (TPSA) is 203 Å². The van der Waals surface area contributed by atoms with E-state index in [-0.39, 0.29) is 42.1 Å². The molecule has 4 aliphatic carbocycles. The Kier molecular flexibility index (Phi) is 8.68. The number of allylic oxidation sites excluding steroid dienone is 1. The Bertz CT molecular complexity index is 1300. The fourth-order valence-electron chi connectivity index (χ4n) is 10.5. The SMILES string of the molecule is CC1=C(CO[C@@H]2O[C@H](CO)[C@@H](O)[C@H](O)[C@H]2O)C(=O)O[C@@H]([C@@H](C)[C@@]2(O)CC[C@H]3[C@@H]4C[C@@H](O)[C@@]5(O)CC=CC(=O)[C@]5(C)[C@H]4CC[C@@]32C)C1. The summed E-state index contributed by atoms with van der Waals surface area (Å²) >= 11 is 0. The van der Waals surface area contributed by atoms with Crippen LogP contribution in [0.15, 0.2) is 23.3 Å². The van der Waals surface area contributed by atoms with E-state index in [9.17, 15) is 45.3 Å². The Balaban J connectivity index is 1.17. The van der Waals surface area contributed by atoms with E-state index in [4.69, 9.17) is 14.2 Å². The molecule has 15 atom stereocenters. The van der Waals surface area contributed by atoms with E-state index in [2.05, 4.69) is 6.92 Å². The maximum absolute atomic E-state index is 13.3. The fraction of sp³-hybridized carbons (Fsp3) is 0.824. The molecule has 258 valence electrons. The van der Waals surface area contributed by atoms with Crippen molar-refractivity contribution >= 4 is 11.8 Å². The summed E-state index contributed by atoms with van der Waals surface area (Å²) < 4.78 is 16.9. The predicted octanol–water partition coefficient (Wildman–Crippen LogP) is 0.276. The Morgan fingerprint density at radius 1 is 1.02 bits per heavy atom. The van der Waals surface area contributed by atoms with Crippen molar-refractivity contribution < 1.29 is 59.5 Å². The predicted molar refractivity (Wildman–Crippen MR) is 161 cm³/mol. The number of cyclic esters (lactones) is 1. The molecular weight excluding hydrogens is 600 g/mol. The number of fused-ring (bicyclic) bond motifs is 5. The third-order valence-electron chi connectivity index (χ3n) is 13.6. The van der Waals surface area contributed by atoms with Crippen molar-refractivity contribution in [2.45, 2.75) is 127 Å². The average molecular weight is 651 g/mol. The summed E-state index contributed by atoms with van der Waals surface area (Å²) in [6.45, 7) is 6.69. The summed E-state index contributed by atoms with van der Waals surface area (Å²) in [5, 5.41) is 75.3. The standard InChI is InChI=1S/C34H50O12/c1-16-12-22(45-29(41)19(16)15-44-30-28(40)27(39)26(38)23(14-35)46-30)17(2)33(42)11-8-20-18-13-25(37)34(43)9-5-6-24(36)32(34,4)21(18)7-10-31(20,33)3/h5-6,17-18,20-23,25-28,30,35,37-40,42-43H,7-15H2,1-4H3/t17-,18+,20+,21+,22-,23-,25-,26-,27+,28-,30-,31+,32+,33+,34+/m1/s1. The molecule has 0 bridgehead atoms. The summed E-state index contributed by atoms with van der Waals surface area (Å²) in [6.07, 6.45) is -2.36. The highest BCUT2D eigenvalue weighted by atomic mass is 16.7. The van der Waals surface area contributed by atoms with Crippen LogP contribution in [0, 0.1) is 34.5 Å². The molecule has 0 aromatic rings. The van der Waals surface area contributed by atoms with Gasteiger partial charge in [-0.05, 0) is 81.6 Å². The molecule has 6 aliphatic rings. The van der Waals surface area contributed by atoms with Crippen molar-refractivity contribution in [3.8, 4) is 0 Å². The molecule has 2 heterocycles. The van der Waals surface area contributed by atoms with Crippen LogP contribution in [0.3, 0.4) is 0 Å². The first-order chi connectivity index (χ1) is 21.5. The lowest BCUT2D eigenvalue weighted by atomic mass is 9.42. The molecular formula is C34H50O12. The molecule has 4 fully saturated rings. The van der Waals surface area contributed by atoms with Crippen LogP contribution < -0.4 is 0 Å². The van der Waals surface area contributed by atoms with Crippen molar-refractivity contribution in [2.75, 3.05) is 13.2 Å². The monoisotopic (exact) mass is 650 g/mol. The van der Waals surface area contributed by atoms with Gasteiger partial charge in [-0.15, -0.1) is 0 Å². The van der Waals surface area contributed by atoms with Gasteiger partial charge in [-0.25, -0.2) is 4.79 Å². The number of rotatable bonds is 6. The number of hydrogen-bond acceptors (Lipinski definition) is 12. The maximum Gasteiger partial charge on any atom is 0.336 e. The summed E-state index contributed by atoms with van der Waals surface area (Å²) in [5.74, 6) is -1.39. The van der Waals surface area contributed by atoms with E-state index >= 15 is 0 Å². The van der Waals surface area contributed by atoms with Crippen molar-refractivity contribution in [2.24, 2.45) is 34.5 Å². The van der Waals surface area contributed by atoms with Gasteiger partial charge in [0.05, 0.1) is 35.9 Å². The highest BCUT2D eigenvalue weighted by Crippen LogP contribution is 2.69. The summed E-state index contributed by atoms with van der Waals surface area (Å²) in [5.41, 5.74) is -3.45. The molecule has 7 N–H and O–H groups in total. The van der Waals surface area contributed by atoms with E-state index in [1.165, 1.54) is 0 Å². The molecule has 6 rings (SSSR count). The molecule has 0 aromatic carbocycles. The van der Waals surface area contributed by atoms with Crippen molar-refractivity contribution in [1.29, 1.82) is 0 Å². The van der Waals surface area contributed by atoms with Crippen molar-refractivity contribution in [1.82, 2.24) is 0 Å². The Labute approximate surface area is 269 Å². The summed E-state index contributed by atoms with van der Waals surface area (Å²) in [4.78, 5) is 26.6. The van der Waals surface area contributed by atoms with Crippen LogP contribution in [-0.4, -0.2) is 115 Å². The van der Waals surface area contributed by atoms with E-state index < -0.39 is 83.4 Å². The van der Waals surface area contributed by atoms with Crippen LogP contribution in [-0.2, 0) is 23.8 Å². The Hall–Kier alpha value is -1.74. The second-order valence-corrected chi connectivity index (χ2v) is 15.3. The van der Waals surface area contributed by atoms with Gasteiger partial charge in [-0.2, -0.15) is 0 Å². The second-order valence-electron chi connectivity index (χ2n) is 15.3. The number of aliphatic hydroxyl groups excluding tert-OH is 5. The minimum absolute atomic E-state index is 0.00635. The van der Waals surface area contributed by atoms with Crippen molar-refractivity contribution in [3.63, 3.8) is 0 Å². The van der Waals surface area contributed by atoms with Crippen molar-refractivity contribution in [3.05, 3.63) is 23.3 Å². The molecule has 3 saturated carbocycles. The first-order valence-electron chi connectivity index (χ1n) is 16.7.